The smallest absolute Gasteiger partial charge is 0.251 e. The first-order valence-electron chi connectivity index (χ1n) is 5.35. The number of H-pyrrole nitrogens is 1. The Hall–Kier alpha value is -2.04. The van der Waals surface area contributed by atoms with Gasteiger partial charge in [0.25, 0.3) is 5.56 Å². The summed E-state index contributed by atoms with van der Waals surface area (Å²) >= 11 is 0. The second kappa shape index (κ2) is 4.08. The van der Waals surface area contributed by atoms with Gasteiger partial charge in [-0.2, -0.15) is 0 Å². The van der Waals surface area contributed by atoms with Crippen LogP contribution in [-0.2, 0) is 5.41 Å². The van der Waals surface area contributed by atoms with Crippen LogP contribution in [0.4, 0.5) is 0 Å². The maximum absolute atomic E-state index is 11.6. The van der Waals surface area contributed by atoms with Gasteiger partial charge in [0.05, 0.1) is 11.9 Å². The molecule has 0 unspecified atom stereocenters. The molecule has 0 fully saturated rings. The molecule has 0 bridgehead atoms. The van der Waals surface area contributed by atoms with E-state index in [0.29, 0.717) is 11.5 Å². The molecule has 0 aromatic carbocycles. The van der Waals surface area contributed by atoms with Gasteiger partial charge in [0.2, 0.25) is 0 Å². The Morgan fingerprint density at radius 3 is 2.59 bits per heavy atom. The zero-order valence-corrected chi connectivity index (χ0v) is 10.1. The van der Waals surface area contributed by atoms with Gasteiger partial charge in [-0.25, -0.2) is 9.97 Å². The summed E-state index contributed by atoms with van der Waals surface area (Å²) in [5.41, 5.74) is 0.953. The minimum absolute atomic E-state index is 0.175. The van der Waals surface area contributed by atoms with Crippen LogP contribution in [0.1, 0.15) is 26.5 Å². The SMILES string of the molecule is CC(C)(C)c1cc(=O)[nH]c(-c2cnccn2)n1. The summed E-state index contributed by atoms with van der Waals surface area (Å²) in [6.07, 6.45) is 4.72. The third-order valence-electron chi connectivity index (χ3n) is 2.32. The summed E-state index contributed by atoms with van der Waals surface area (Å²) in [5, 5.41) is 0. The average molecular weight is 230 g/mol. The van der Waals surface area contributed by atoms with Crippen LogP contribution in [0.3, 0.4) is 0 Å². The van der Waals surface area contributed by atoms with Crippen molar-refractivity contribution < 1.29 is 0 Å². The van der Waals surface area contributed by atoms with Crippen molar-refractivity contribution in [2.24, 2.45) is 0 Å². The molecule has 1 N–H and O–H groups in total. The van der Waals surface area contributed by atoms with E-state index < -0.39 is 0 Å². The number of hydrogen-bond donors (Lipinski definition) is 1. The molecule has 0 saturated heterocycles. The Labute approximate surface area is 99.0 Å². The quantitative estimate of drug-likeness (QED) is 0.806. The van der Waals surface area contributed by atoms with Gasteiger partial charge in [-0.1, -0.05) is 20.8 Å². The van der Waals surface area contributed by atoms with E-state index in [1.165, 1.54) is 6.07 Å². The first-order valence-corrected chi connectivity index (χ1v) is 5.35. The zero-order valence-electron chi connectivity index (χ0n) is 10.1. The van der Waals surface area contributed by atoms with Crippen LogP contribution in [0.5, 0.6) is 0 Å². The van der Waals surface area contributed by atoms with Crippen LogP contribution < -0.4 is 5.56 Å². The van der Waals surface area contributed by atoms with Crippen molar-refractivity contribution >= 4 is 0 Å². The minimum atomic E-state index is -0.175. The van der Waals surface area contributed by atoms with Crippen molar-refractivity contribution in [1.29, 1.82) is 0 Å². The highest BCUT2D eigenvalue weighted by Gasteiger charge is 2.17. The molecule has 0 spiro atoms. The Kier molecular flexibility index (Phi) is 2.75. The Balaban J connectivity index is 2.58. The summed E-state index contributed by atoms with van der Waals surface area (Å²) in [7, 11) is 0. The molecule has 0 atom stereocenters. The van der Waals surface area contributed by atoms with E-state index in [1.54, 1.807) is 18.6 Å². The Morgan fingerprint density at radius 2 is 2.00 bits per heavy atom. The molecule has 0 aliphatic rings. The molecule has 5 nitrogen and oxygen atoms in total. The van der Waals surface area contributed by atoms with Crippen molar-refractivity contribution in [3.63, 3.8) is 0 Å². The van der Waals surface area contributed by atoms with E-state index in [9.17, 15) is 4.79 Å². The predicted octanol–water partition coefficient (Wildman–Crippen LogP) is 1.52. The molecular formula is C12H14N4O. The lowest BCUT2D eigenvalue weighted by molar-refractivity contribution is 0.566. The second-order valence-corrected chi connectivity index (χ2v) is 4.82. The van der Waals surface area contributed by atoms with Crippen LogP contribution >= 0.6 is 0 Å². The molecule has 17 heavy (non-hydrogen) atoms. The molecule has 2 aromatic rings. The molecule has 0 saturated carbocycles. The molecule has 5 heteroatoms. The number of hydrogen-bond acceptors (Lipinski definition) is 4. The number of aromatic nitrogens is 4. The normalized spacial score (nSPS) is 11.5. The maximum atomic E-state index is 11.6. The fourth-order valence-corrected chi connectivity index (χ4v) is 1.38. The molecular weight excluding hydrogens is 216 g/mol. The van der Waals surface area contributed by atoms with Crippen LogP contribution in [0.25, 0.3) is 11.5 Å². The first kappa shape index (κ1) is 11.4. The monoisotopic (exact) mass is 230 g/mol. The van der Waals surface area contributed by atoms with Crippen molar-refractivity contribution in [3.05, 3.63) is 40.7 Å². The topological polar surface area (TPSA) is 71.5 Å². The van der Waals surface area contributed by atoms with E-state index in [1.807, 2.05) is 20.8 Å². The summed E-state index contributed by atoms with van der Waals surface area (Å²) < 4.78 is 0. The summed E-state index contributed by atoms with van der Waals surface area (Å²) in [6, 6.07) is 1.51. The number of nitrogens with zero attached hydrogens (tertiary/aromatic N) is 3. The van der Waals surface area contributed by atoms with Gasteiger partial charge in [-0.05, 0) is 0 Å². The summed E-state index contributed by atoms with van der Waals surface area (Å²) in [4.78, 5) is 26.7. The van der Waals surface area contributed by atoms with Gasteiger partial charge >= 0.3 is 0 Å². The Bertz CT molecular complexity index is 569. The lowest BCUT2D eigenvalue weighted by Crippen LogP contribution is -2.20. The van der Waals surface area contributed by atoms with Crippen molar-refractivity contribution in [2.75, 3.05) is 0 Å². The van der Waals surface area contributed by atoms with Gasteiger partial charge < -0.3 is 4.98 Å². The standard InChI is InChI=1S/C12H14N4O/c1-12(2,3)9-6-10(17)16-11(15-9)8-7-13-4-5-14-8/h4-7H,1-3H3,(H,15,16,17). The van der Waals surface area contributed by atoms with Crippen molar-refractivity contribution in [1.82, 2.24) is 19.9 Å². The average Bonchev–Trinajstić information content (AvgIpc) is 2.28. The Morgan fingerprint density at radius 1 is 1.24 bits per heavy atom. The van der Waals surface area contributed by atoms with E-state index in [0.717, 1.165) is 5.69 Å². The lowest BCUT2D eigenvalue weighted by atomic mass is 9.92. The predicted molar refractivity (Wildman–Crippen MR) is 64.6 cm³/mol. The molecule has 0 aliphatic heterocycles. The molecule has 2 rings (SSSR count). The van der Waals surface area contributed by atoms with Crippen molar-refractivity contribution in [3.8, 4) is 11.5 Å². The highest BCUT2D eigenvalue weighted by molar-refractivity contribution is 5.46. The number of aromatic amines is 1. The first-order chi connectivity index (χ1) is 7.97. The fraction of sp³-hybridized carbons (Fsp3) is 0.333. The highest BCUT2D eigenvalue weighted by Crippen LogP contribution is 2.20. The van der Waals surface area contributed by atoms with Crippen LogP contribution in [0.15, 0.2) is 29.5 Å². The van der Waals surface area contributed by atoms with E-state index >= 15 is 0 Å². The van der Waals surface area contributed by atoms with E-state index in [-0.39, 0.29) is 11.0 Å². The molecule has 2 aromatic heterocycles. The molecule has 0 radical (unpaired) electrons. The highest BCUT2D eigenvalue weighted by atomic mass is 16.1. The van der Waals surface area contributed by atoms with Crippen LogP contribution in [-0.4, -0.2) is 19.9 Å². The van der Waals surface area contributed by atoms with Gasteiger partial charge in [-0.3, -0.25) is 9.78 Å². The van der Waals surface area contributed by atoms with Gasteiger partial charge in [0.15, 0.2) is 5.82 Å². The van der Waals surface area contributed by atoms with Gasteiger partial charge in [0, 0.05) is 23.9 Å². The third kappa shape index (κ3) is 2.55. The van der Waals surface area contributed by atoms with Crippen LogP contribution in [0.2, 0.25) is 0 Å². The maximum Gasteiger partial charge on any atom is 0.251 e. The van der Waals surface area contributed by atoms with E-state index in [2.05, 4.69) is 19.9 Å². The fourth-order valence-electron chi connectivity index (χ4n) is 1.38. The number of rotatable bonds is 1. The lowest BCUT2D eigenvalue weighted by Gasteiger charge is -2.17. The number of nitrogens with one attached hydrogen (secondary N) is 1. The van der Waals surface area contributed by atoms with E-state index in [4.69, 9.17) is 0 Å². The largest absolute Gasteiger partial charge is 0.305 e. The van der Waals surface area contributed by atoms with Crippen molar-refractivity contribution in [2.45, 2.75) is 26.2 Å². The molecule has 0 amide bonds. The molecule has 0 aliphatic carbocycles. The second-order valence-electron chi connectivity index (χ2n) is 4.82. The van der Waals surface area contributed by atoms with Gasteiger partial charge in [0.1, 0.15) is 5.69 Å². The van der Waals surface area contributed by atoms with Gasteiger partial charge in [-0.15, -0.1) is 0 Å². The minimum Gasteiger partial charge on any atom is -0.305 e. The zero-order chi connectivity index (χ0) is 12.5. The molecule has 2 heterocycles. The molecule has 88 valence electrons. The summed E-state index contributed by atoms with van der Waals surface area (Å²) in [6.45, 7) is 6.03. The summed E-state index contributed by atoms with van der Waals surface area (Å²) in [5.74, 6) is 0.454. The third-order valence-corrected chi connectivity index (χ3v) is 2.32. The van der Waals surface area contributed by atoms with Crippen LogP contribution in [0, 0.1) is 0 Å².